The molecule has 2 aliphatic heterocycles. The van der Waals surface area contributed by atoms with Crippen LogP contribution >= 0.6 is 0 Å². The Balaban J connectivity index is 1.42. The Morgan fingerprint density at radius 2 is 1.79 bits per heavy atom. The zero-order valence-corrected chi connectivity index (χ0v) is 16.2. The van der Waals surface area contributed by atoms with Crippen molar-refractivity contribution in [2.75, 3.05) is 36.9 Å². The van der Waals surface area contributed by atoms with Gasteiger partial charge in [-0.25, -0.2) is 9.97 Å². The third kappa shape index (κ3) is 4.52. The van der Waals surface area contributed by atoms with E-state index in [1.54, 1.807) is 23.1 Å². The predicted molar refractivity (Wildman–Crippen MR) is 106 cm³/mol. The molecule has 9 nitrogen and oxygen atoms in total. The number of nitrogens with one attached hydrogen (secondary N) is 2. The number of benzene rings is 1. The lowest BCUT2D eigenvalue weighted by atomic mass is 10.0. The van der Waals surface area contributed by atoms with Crippen molar-refractivity contribution in [2.24, 2.45) is 0 Å². The van der Waals surface area contributed by atoms with Crippen molar-refractivity contribution in [1.29, 1.82) is 0 Å². The van der Waals surface area contributed by atoms with Gasteiger partial charge in [-0.15, -0.1) is 0 Å². The number of hydrogen-bond donors (Lipinski definition) is 2. The molecule has 0 unspecified atom stereocenters. The maximum Gasteiger partial charge on any atom is 0.272 e. The van der Waals surface area contributed by atoms with Crippen LogP contribution in [0.1, 0.15) is 30.3 Å². The molecule has 1 aromatic heterocycles. The number of nitrogens with zero attached hydrogens (tertiary/aromatic N) is 3. The summed E-state index contributed by atoms with van der Waals surface area (Å²) in [6, 6.07) is 8.87. The number of carbonyl (C=O) groups is 2. The molecule has 0 radical (unpaired) electrons. The molecule has 0 bridgehead atoms. The molecule has 2 amide bonds. The van der Waals surface area contributed by atoms with Crippen LogP contribution in [0.5, 0.6) is 0 Å². The Kier molecular flexibility index (Phi) is 5.41. The SMILES string of the molecule is CC(=O)Nc1cccc(Nc2cc(C(=O)N3CCC4(CC3)OCCO4)ncn2)c1. The van der Waals surface area contributed by atoms with Gasteiger partial charge in [0.25, 0.3) is 5.91 Å². The third-order valence-corrected chi connectivity index (χ3v) is 4.97. The van der Waals surface area contributed by atoms with Crippen LogP contribution in [0.2, 0.25) is 0 Å². The van der Waals surface area contributed by atoms with Gasteiger partial charge >= 0.3 is 0 Å². The minimum Gasteiger partial charge on any atom is -0.347 e. The average molecular weight is 397 g/mol. The summed E-state index contributed by atoms with van der Waals surface area (Å²) < 4.78 is 11.4. The standard InChI is InChI=1S/C20H23N5O4/c1-14(26)23-15-3-2-4-16(11-15)24-18-12-17(21-13-22-18)19(27)25-7-5-20(6-8-25)28-9-10-29-20/h2-4,11-13H,5-10H2,1H3,(H,23,26)(H,21,22,24). The molecule has 1 spiro atoms. The molecular formula is C20H23N5O4. The molecule has 2 aliphatic rings. The van der Waals surface area contributed by atoms with Crippen molar-refractivity contribution in [3.05, 3.63) is 42.4 Å². The maximum atomic E-state index is 12.9. The normalized spacial score (nSPS) is 17.9. The van der Waals surface area contributed by atoms with Gasteiger partial charge in [0.1, 0.15) is 17.8 Å². The molecule has 0 aliphatic carbocycles. The van der Waals surface area contributed by atoms with E-state index in [-0.39, 0.29) is 11.8 Å². The van der Waals surface area contributed by atoms with Crippen molar-refractivity contribution in [3.8, 4) is 0 Å². The Bertz CT molecular complexity index is 903. The quantitative estimate of drug-likeness (QED) is 0.814. The third-order valence-electron chi connectivity index (χ3n) is 4.97. The first-order valence-corrected chi connectivity index (χ1v) is 9.57. The number of amides is 2. The largest absolute Gasteiger partial charge is 0.347 e. The fourth-order valence-corrected chi connectivity index (χ4v) is 3.57. The lowest BCUT2D eigenvalue weighted by molar-refractivity contribution is -0.181. The Morgan fingerprint density at radius 1 is 1.07 bits per heavy atom. The van der Waals surface area contributed by atoms with E-state index in [0.717, 1.165) is 5.69 Å². The fraction of sp³-hybridized carbons (Fsp3) is 0.400. The van der Waals surface area contributed by atoms with Gasteiger partial charge in [-0.05, 0) is 18.2 Å². The van der Waals surface area contributed by atoms with E-state index in [9.17, 15) is 9.59 Å². The van der Waals surface area contributed by atoms with E-state index < -0.39 is 5.79 Å². The second kappa shape index (κ2) is 8.14. The van der Waals surface area contributed by atoms with Crippen molar-refractivity contribution in [1.82, 2.24) is 14.9 Å². The maximum absolute atomic E-state index is 12.9. The van der Waals surface area contributed by atoms with Crippen molar-refractivity contribution < 1.29 is 19.1 Å². The summed E-state index contributed by atoms with van der Waals surface area (Å²) in [5.74, 6) is -0.308. The predicted octanol–water partition coefficient (Wildman–Crippen LogP) is 2.16. The number of aromatic nitrogens is 2. The second-order valence-corrected chi connectivity index (χ2v) is 7.08. The number of likely N-dealkylation sites (tertiary alicyclic amines) is 1. The summed E-state index contributed by atoms with van der Waals surface area (Å²) in [4.78, 5) is 34.2. The first kappa shape index (κ1) is 19.3. The Morgan fingerprint density at radius 3 is 2.52 bits per heavy atom. The fourth-order valence-electron chi connectivity index (χ4n) is 3.57. The van der Waals surface area contributed by atoms with Crippen LogP contribution in [-0.2, 0) is 14.3 Å². The van der Waals surface area contributed by atoms with Crippen molar-refractivity contribution in [3.63, 3.8) is 0 Å². The number of rotatable bonds is 4. The van der Waals surface area contributed by atoms with Crippen molar-refractivity contribution in [2.45, 2.75) is 25.6 Å². The molecular weight excluding hydrogens is 374 g/mol. The van der Waals surface area contributed by atoms with Gasteiger partial charge in [0.2, 0.25) is 5.91 Å². The first-order valence-electron chi connectivity index (χ1n) is 9.57. The Hall–Kier alpha value is -3.04. The molecule has 29 heavy (non-hydrogen) atoms. The summed E-state index contributed by atoms with van der Waals surface area (Å²) in [6.07, 6.45) is 2.68. The Labute approximate surface area is 168 Å². The van der Waals surface area contributed by atoms with E-state index in [2.05, 4.69) is 20.6 Å². The highest BCUT2D eigenvalue weighted by Gasteiger charge is 2.41. The molecule has 2 fully saturated rings. The highest BCUT2D eigenvalue weighted by atomic mass is 16.7. The zero-order chi connectivity index (χ0) is 20.3. The number of ether oxygens (including phenoxy) is 2. The average Bonchev–Trinajstić information content (AvgIpc) is 3.16. The number of anilines is 3. The summed E-state index contributed by atoms with van der Waals surface area (Å²) in [5.41, 5.74) is 1.74. The molecule has 152 valence electrons. The van der Waals surface area contributed by atoms with Gasteiger partial charge in [-0.2, -0.15) is 0 Å². The van der Waals surface area contributed by atoms with E-state index in [0.29, 0.717) is 56.3 Å². The lowest BCUT2D eigenvalue weighted by Crippen LogP contribution is -2.47. The molecule has 0 saturated carbocycles. The molecule has 1 aromatic carbocycles. The van der Waals surface area contributed by atoms with Gasteiger partial charge in [0.15, 0.2) is 5.79 Å². The van der Waals surface area contributed by atoms with Gasteiger partial charge in [0, 0.05) is 50.3 Å². The van der Waals surface area contributed by atoms with Crippen molar-refractivity contribution >= 4 is 29.0 Å². The minimum atomic E-state index is -0.520. The van der Waals surface area contributed by atoms with Crippen LogP contribution in [0.4, 0.5) is 17.2 Å². The van der Waals surface area contributed by atoms with E-state index in [1.807, 2.05) is 12.1 Å². The summed E-state index contributed by atoms with van der Waals surface area (Å²) in [5, 5.41) is 5.87. The highest BCUT2D eigenvalue weighted by Crippen LogP contribution is 2.31. The van der Waals surface area contributed by atoms with Crippen LogP contribution < -0.4 is 10.6 Å². The minimum absolute atomic E-state index is 0.143. The smallest absolute Gasteiger partial charge is 0.272 e. The number of piperidine rings is 1. The topological polar surface area (TPSA) is 106 Å². The molecule has 0 atom stereocenters. The van der Waals surface area contributed by atoms with Crippen LogP contribution in [0.25, 0.3) is 0 Å². The second-order valence-electron chi connectivity index (χ2n) is 7.08. The highest BCUT2D eigenvalue weighted by molar-refractivity contribution is 5.93. The monoisotopic (exact) mass is 397 g/mol. The lowest BCUT2D eigenvalue weighted by Gasteiger charge is -2.37. The van der Waals surface area contributed by atoms with Crippen LogP contribution in [0.3, 0.4) is 0 Å². The van der Waals surface area contributed by atoms with E-state index in [4.69, 9.17) is 9.47 Å². The summed E-state index contributed by atoms with van der Waals surface area (Å²) in [7, 11) is 0. The molecule has 4 rings (SSSR count). The van der Waals surface area contributed by atoms with Crippen LogP contribution in [0, 0.1) is 0 Å². The molecule has 2 N–H and O–H groups in total. The zero-order valence-electron chi connectivity index (χ0n) is 16.2. The first-order chi connectivity index (χ1) is 14.0. The molecule has 2 saturated heterocycles. The summed E-state index contributed by atoms with van der Waals surface area (Å²) >= 11 is 0. The molecule has 9 heteroatoms. The van der Waals surface area contributed by atoms with Crippen LogP contribution in [0.15, 0.2) is 36.7 Å². The van der Waals surface area contributed by atoms with E-state index >= 15 is 0 Å². The number of hydrogen-bond acceptors (Lipinski definition) is 7. The summed E-state index contributed by atoms with van der Waals surface area (Å²) in [6.45, 7) is 3.79. The van der Waals surface area contributed by atoms with Gasteiger partial charge in [-0.1, -0.05) is 6.07 Å². The van der Waals surface area contributed by atoms with Gasteiger partial charge < -0.3 is 25.0 Å². The number of carbonyl (C=O) groups excluding carboxylic acids is 2. The van der Waals surface area contributed by atoms with Gasteiger partial charge in [0.05, 0.1) is 13.2 Å². The molecule has 3 heterocycles. The van der Waals surface area contributed by atoms with Gasteiger partial charge in [-0.3, -0.25) is 9.59 Å². The van der Waals surface area contributed by atoms with Crippen LogP contribution in [-0.4, -0.2) is 58.8 Å². The van der Waals surface area contributed by atoms with E-state index in [1.165, 1.54) is 13.3 Å². The molecule has 2 aromatic rings.